The summed E-state index contributed by atoms with van der Waals surface area (Å²) >= 11 is 0. The van der Waals surface area contributed by atoms with Gasteiger partial charge >= 0.3 is 0 Å². The summed E-state index contributed by atoms with van der Waals surface area (Å²) in [5.74, 6) is 0.928. The number of ether oxygens (including phenoxy) is 1. The van der Waals surface area contributed by atoms with Crippen LogP contribution in [0.2, 0.25) is 0 Å². The maximum Gasteiger partial charge on any atom is 0.240 e. The molecule has 1 aliphatic carbocycles. The molecule has 1 aliphatic rings. The van der Waals surface area contributed by atoms with E-state index in [4.69, 9.17) is 4.74 Å². The molecule has 0 aromatic heterocycles. The summed E-state index contributed by atoms with van der Waals surface area (Å²) in [7, 11) is -3.45. The second-order valence-electron chi connectivity index (χ2n) is 7.50. The molecule has 0 heterocycles. The third-order valence-electron chi connectivity index (χ3n) is 4.60. The fraction of sp³-hybridized carbons (Fsp3) is 0.409. The number of nitrogens with one attached hydrogen (secondary N) is 3. The van der Waals surface area contributed by atoms with Crippen LogP contribution < -0.4 is 20.1 Å². The van der Waals surface area contributed by atoms with Gasteiger partial charge in [0.05, 0.1) is 18.0 Å². The fourth-order valence-electron chi connectivity index (χ4n) is 2.80. The Bertz CT molecular complexity index is 981. The highest BCUT2D eigenvalue weighted by molar-refractivity contribution is 14.0. The van der Waals surface area contributed by atoms with Crippen molar-refractivity contribution in [2.24, 2.45) is 4.99 Å². The van der Waals surface area contributed by atoms with Gasteiger partial charge in [0.25, 0.3) is 0 Å². The van der Waals surface area contributed by atoms with Crippen LogP contribution in [0.5, 0.6) is 5.75 Å². The van der Waals surface area contributed by atoms with E-state index in [0.29, 0.717) is 31.3 Å². The first kappa shape index (κ1) is 26.3. The van der Waals surface area contributed by atoms with Crippen molar-refractivity contribution < 1.29 is 17.5 Å². The second kappa shape index (κ2) is 12.4. The molecule has 0 aliphatic heterocycles. The molecule has 0 radical (unpaired) electrons. The van der Waals surface area contributed by atoms with Crippen LogP contribution in [0.3, 0.4) is 0 Å². The zero-order chi connectivity index (χ0) is 22.3. The van der Waals surface area contributed by atoms with Crippen LogP contribution in [-0.2, 0) is 16.6 Å². The maximum atomic E-state index is 13.0. The first-order chi connectivity index (χ1) is 14.9. The fourth-order valence-corrected chi connectivity index (χ4v) is 4.11. The van der Waals surface area contributed by atoms with E-state index in [1.54, 1.807) is 36.4 Å². The topological polar surface area (TPSA) is 91.8 Å². The number of aliphatic imine (C=N–C) groups is 1. The lowest BCUT2D eigenvalue weighted by Gasteiger charge is -2.17. The number of hydrogen-bond donors (Lipinski definition) is 3. The summed E-state index contributed by atoms with van der Waals surface area (Å²) in [5, 5.41) is 6.39. The summed E-state index contributed by atoms with van der Waals surface area (Å²) in [4.78, 5) is 4.82. The van der Waals surface area contributed by atoms with E-state index in [1.807, 2.05) is 13.8 Å². The molecule has 1 fully saturated rings. The van der Waals surface area contributed by atoms with Crippen molar-refractivity contribution in [2.75, 3.05) is 13.1 Å². The average molecular weight is 576 g/mol. The molecular formula is C22H30FIN4O3S. The van der Waals surface area contributed by atoms with E-state index in [9.17, 15) is 12.8 Å². The highest BCUT2D eigenvalue weighted by atomic mass is 127. The number of halogens is 2. The van der Waals surface area contributed by atoms with E-state index in [0.717, 1.165) is 18.4 Å². The van der Waals surface area contributed by atoms with Gasteiger partial charge in [0.15, 0.2) is 5.96 Å². The molecule has 176 valence electrons. The molecule has 0 spiro atoms. The molecule has 0 bridgehead atoms. The molecule has 1 atom stereocenters. The molecule has 3 N–H and O–H groups in total. The lowest BCUT2D eigenvalue weighted by Crippen LogP contribution is -2.41. The number of nitrogens with zero attached hydrogens (tertiary/aromatic N) is 1. The Labute approximate surface area is 206 Å². The summed E-state index contributed by atoms with van der Waals surface area (Å²) in [6, 6.07) is 12.7. The maximum absolute atomic E-state index is 13.0. The summed E-state index contributed by atoms with van der Waals surface area (Å²) < 4.78 is 45.9. The van der Waals surface area contributed by atoms with Crippen molar-refractivity contribution in [2.45, 2.75) is 50.3 Å². The van der Waals surface area contributed by atoms with Crippen molar-refractivity contribution in [3.8, 4) is 5.75 Å². The highest BCUT2D eigenvalue weighted by Gasteiger charge is 2.27. The Morgan fingerprint density at radius 1 is 1.12 bits per heavy atom. The minimum absolute atomic E-state index is 0. The predicted molar refractivity (Wildman–Crippen MR) is 135 cm³/mol. The third-order valence-corrected chi connectivity index (χ3v) is 6.14. The van der Waals surface area contributed by atoms with Crippen molar-refractivity contribution in [1.29, 1.82) is 0 Å². The number of hydrogen-bond acceptors (Lipinski definition) is 4. The smallest absolute Gasteiger partial charge is 0.240 e. The van der Waals surface area contributed by atoms with Gasteiger partial charge in [0, 0.05) is 12.6 Å². The molecule has 1 saturated carbocycles. The molecule has 2 aromatic carbocycles. The second-order valence-corrected chi connectivity index (χ2v) is 9.21. The molecular weight excluding hydrogens is 546 g/mol. The monoisotopic (exact) mass is 576 g/mol. The van der Waals surface area contributed by atoms with Gasteiger partial charge < -0.3 is 15.4 Å². The van der Waals surface area contributed by atoms with Crippen molar-refractivity contribution in [3.05, 3.63) is 59.9 Å². The minimum atomic E-state index is -3.45. The molecule has 3 rings (SSSR count). The zero-order valence-corrected chi connectivity index (χ0v) is 21.3. The van der Waals surface area contributed by atoms with Crippen molar-refractivity contribution >= 4 is 40.0 Å². The van der Waals surface area contributed by atoms with Crippen molar-refractivity contribution in [3.63, 3.8) is 0 Å². The molecule has 1 unspecified atom stereocenters. The number of benzene rings is 2. The number of rotatable bonds is 10. The van der Waals surface area contributed by atoms with Crippen LogP contribution in [-0.4, -0.2) is 39.6 Å². The largest absolute Gasteiger partial charge is 0.489 e. The Kier molecular flexibility index (Phi) is 10.2. The average Bonchev–Trinajstić information content (AvgIpc) is 3.55. The highest BCUT2D eigenvalue weighted by Crippen LogP contribution is 2.22. The van der Waals surface area contributed by atoms with Gasteiger partial charge in [-0.3, -0.25) is 0 Å². The molecule has 10 heteroatoms. The van der Waals surface area contributed by atoms with Crippen LogP contribution in [0.4, 0.5) is 4.39 Å². The summed E-state index contributed by atoms with van der Waals surface area (Å²) in [6.07, 6.45) is 1.65. The predicted octanol–water partition coefficient (Wildman–Crippen LogP) is 3.41. The molecule has 0 saturated heterocycles. The molecule has 2 aromatic rings. The van der Waals surface area contributed by atoms with E-state index in [-0.39, 0.29) is 46.8 Å². The SMILES string of the molecule is CCNC(=NCc1ccc(S(=O)(=O)NC2CC2)cc1)NCC(C)Oc1ccc(F)cc1.I. The lowest BCUT2D eigenvalue weighted by molar-refractivity contribution is 0.223. The zero-order valence-electron chi connectivity index (χ0n) is 18.2. The first-order valence-corrected chi connectivity index (χ1v) is 11.9. The Balaban J connectivity index is 0.00000363. The van der Waals surface area contributed by atoms with Crippen LogP contribution in [0.15, 0.2) is 58.4 Å². The normalized spacial score (nSPS) is 14.9. The van der Waals surface area contributed by atoms with E-state index >= 15 is 0 Å². The molecule has 32 heavy (non-hydrogen) atoms. The van der Waals surface area contributed by atoms with Gasteiger partial charge in [-0.05, 0) is 68.7 Å². The lowest BCUT2D eigenvalue weighted by atomic mass is 10.2. The van der Waals surface area contributed by atoms with Gasteiger partial charge in [-0.15, -0.1) is 24.0 Å². The molecule has 0 amide bonds. The van der Waals surface area contributed by atoms with Gasteiger partial charge in [0.2, 0.25) is 10.0 Å². The standard InChI is InChI=1S/C22H29FN4O3S.HI/c1-3-24-22(25-14-16(2)30-20-10-6-18(23)7-11-20)26-15-17-4-12-21(13-5-17)31(28,29)27-19-8-9-19;/h4-7,10-13,16,19,27H,3,8-9,14-15H2,1-2H3,(H2,24,25,26);1H. The van der Waals surface area contributed by atoms with Crippen LogP contribution in [0.1, 0.15) is 32.3 Å². The van der Waals surface area contributed by atoms with E-state index < -0.39 is 10.0 Å². The van der Waals surface area contributed by atoms with Gasteiger partial charge in [-0.2, -0.15) is 0 Å². The van der Waals surface area contributed by atoms with Crippen LogP contribution >= 0.6 is 24.0 Å². The van der Waals surface area contributed by atoms with E-state index in [2.05, 4.69) is 20.3 Å². The van der Waals surface area contributed by atoms with Crippen LogP contribution in [0.25, 0.3) is 0 Å². The Morgan fingerprint density at radius 3 is 2.38 bits per heavy atom. The Morgan fingerprint density at radius 2 is 1.78 bits per heavy atom. The third kappa shape index (κ3) is 8.55. The van der Waals surface area contributed by atoms with Crippen molar-refractivity contribution in [1.82, 2.24) is 15.4 Å². The first-order valence-electron chi connectivity index (χ1n) is 10.4. The van der Waals surface area contributed by atoms with Crippen LogP contribution in [0, 0.1) is 5.82 Å². The minimum Gasteiger partial charge on any atom is -0.489 e. The van der Waals surface area contributed by atoms with Gasteiger partial charge in [-0.1, -0.05) is 12.1 Å². The number of guanidine groups is 1. The van der Waals surface area contributed by atoms with Gasteiger partial charge in [0.1, 0.15) is 17.7 Å². The van der Waals surface area contributed by atoms with Gasteiger partial charge in [-0.25, -0.2) is 22.5 Å². The number of sulfonamides is 1. The Hall–Kier alpha value is -1.92. The quantitative estimate of drug-likeness (QED) is 0.229. The summed E-state index contributed by atoms with van der Waals surface area (Å²) in [5.41, 5.74) is 0.901. The summed E-state index contributed by atoms with van der Waals surface area (Å²) in [6.45, 7) is 5.49. The van der Waals surface area contributed by atoms with E-state index in [1.165, 1.54) is 12.1 Å². The molecule has 7 nitrogen and oxygen atoms in total.